The maximum atomic E-state index is 10.9. The molecule has 1 saturated heterocycles. The predicted molar refractivity (Wildman–Crippen MR) is 66.9 cm³/mol. The van der Waals surface area contributed by atoms with Crippen LogP contribution in [0.4, 0.5) is 5.82 Å². The van der Waals surface area contributed by atoms with Gasteiger partial charge in [-0.25, -0.2) is 9.55 Å². The van der Waals surface area contributed by atoms with Gasteiger partial charge in [0, 0.05) is 20.0 Å². The summed E-state index contributed by atoms with van der Waals surface area (Å²) in [5, 5.41) is 20.4. The van der Waals surface area contributed by atoms with Crippen molar-refractivity contribution >= 4 is 5.82 Å². The predicted octanol–water partition coefficient (Wildman–Crippen LogP) is -0.207. The van der Waals surface area contributed by atoms with Crippen molar-refractivity contribution in [3.63, 3.8) is 0 Å². The molecule has 1 aliphatic rings. The van der Waals surface area contributed by atoms with Crippen LogP contribution in [0.1, 0.15) is 5.82 Å². The Morgan fingerprint density at radius 2 is 2.26 bits per heavy atom. The normalized spacial score (nSPS) is 18.4. The van der Waals surface area contributed by atoms with Crippen LogP contribution < -0.4 is 0 Å². The summed E-state index contributed by atoms with van der Waals surface area (Å²) in [7, 11) is 0. The lowest BCUT2D eigenvalue weighted by Crippen LogP contribution is -2.47. The molecule has 8 heteroatoms. The molecule has 0 saturated carbocycles. The van der Waals surface area contributed by atoms with Gasteiger partial charge in [-0.15, -0.1) is 0 Å². The van der Waals surface area contributed by atoms with Crippen LogP contribution in [0.2, 0.25) is 0 Å². The van der Waals surface area contributed by atoms with Gasteiger partial charge in [-0.3, -0.25) is 4.90 Å². The van der Waals surface area contributed by atoms with Crippen LogP contribution in [-0.2, 0) is 11.3 Å². The molecule has 1 atom stereocenters. The molecule has 1 fully saturated rings. The third-order valence-electron chi connectivity index (χ3n) is 3.39. The average molecular weight is 270 g/mol. The van der Waals surface area contributed by atoms with Crippen molar-refractivity contribution < 1.29 is 14.8 Å². The number of rotatable bonds is 5. The molecule has 8 nitrogen and oxygen atoms in total. The maximum Gasteiger partial charge on any atom is 0.342 e. The molecule has 1 aliphatic heterocycles. The summed E-state index contributed by atoms with van der Waals surface area (Å²) in [6.45, 7) is 4.75. The first-order valence-electron chi connectivity index (χ1n) is 6.22. The lowest BCUT2D eigenvalue weighted by Gasteiger charge is -2.32. The molecule has 1 aromatic heterocycles. The van der Waals surface area contributed by atoms with Crippen molar-refractivity contribution in [2.45, 2.75) is 19.5 Å². The van der Waals surface area contributed by atoms with E-state index in [0.29, 0.717) is 25.6 Å². The molecule has 0 aromatic carbocycles. The SMILES string of the molecule is Cc1ncc([N+](=O)[O-])n1C[C@H](CO)N1CCOCC1. The maximum absolute atomic E-state index is 10.9. The Morgan fingerprint density at radius 3 is 2.84 bits per heavy atom. The number of aliphatic hydroxyl groups is 1. The van der Waals surface area contributed by atoms with Gasteiger partial charge in [-0.2, -0.15) is 0 Å². The minimum absolute atomic E-state index is 0.0378. The first-order chi connectivity index (χ1) is 9.13. The van der Waals surface area contributed by atoms with Gasteiger partial charge >= 0.3 is 5.82 Å². The summed E-state index contributed by atoms with van der Waals surface area (Å²) < 4.78 is 6.80. The molecule has 0 unspecified atom stereocenters. The highest BCUT2D eigenvalue weighted by Gasteiger charge is 2.26. The van der Waals surface area contributed by atoms with Gasteiger partial charge in [-0.05, 0) is 4.92 Å². The van der Waals surface area contributed by atoms with E-state index in [1.807, 2.05) is 0 Å². The number of ether oxygens (including phenoxy) is 1. The second-order valence-corrected chi connectivity index (χ2v) is 4.52. The van der Waals surface area contributed by atoms with Crippen molar-refractivity contribution in [3.8, 4) is 0 Å². The standard InChI is InChI=1S/C11H18N4O4/c1-9-12-6-11(15(17)18)14(9)7-10(8-16)13-2-4-19-5-3-13/h6,10,16H,2-5,7-8H2,1H3/t10-/m1/s1. The first-order valence-corrected chi connectivity index (χ1v) is 6.22. The van der Waals surface area contributed by atoms with Crippen LogP contribution in [0.3, 0.4) is 0 Å². The fourth-order valence-electron chi connectivity index (χ4n) is 2.27. The van der Waals surface area contributed by atoms with Crippen LogP contribution in [0, 0.1) is 17.0 Å². The van der Waals surface area contributed by atoms with Gasteiger partial charge in [0.2, 0.25) is 0 Å². The zero-order valence-electron chi connectivity index (χ0n) is 10.9. The molecule has 0 bridgehead atoms. The van der Waals surface area contributed by atoms with E-state index in [4.69, 9.17) is 4.74 Å². The zero-order valence-corrected chi connectivity index (χ0v) is 10.9. The molecule has 0 aliphatic carbocycles. The van der Waals surface area contributed by atoms with E-state index in [0.717, 1.165) is 13.1 Å². The number of nitro groups is 1. The molecular formula is C11H18N4O4. The number of hydrogen-bond acceptors (Lipinski definition) is 6. The van der Waals surface area contributed by atoms with Crippen molar-refractivity contribution in [2.24, 2.45) is 0 Å². The number of nitrogens with zero attached hydrogens (tertiary/aromatic N) is 4. The van der Waals surface area contributed by atoms with Gasteiger partial charge in [0.15, 0.2) is 5.82 Å². The topological polar surface area (TPSA) is 93.7 Å². The second-order valence-electron chi connectivity index (χ2n) is 4.52. The molecule has 2 heterocycles. The summed E-state index contributed by atoms with van der Waals surface area (Å²) in [6.07, 6.45) is 1.25. The average Bonchev–Trinajstić information content (AvgIpc) is 2.78. The number of imidazole rings is 1. The fraction of sp³-hybridized carbons (Fsp3) is 0.727. The van der Waals surface area contributed by atoms with Crippen LogP contribution in [-0.4, -0.2) is 63.4 Å². The second kappa shape index (κ2) is 6.09. The lowest BCUT2D eigenvalue weighted by molar-refractivity contribution is -0.392. The van der Waals surface area contributed by atoms with Gasteiger partial charge in [0.05, 0.1) is 25.9 Å². The molecule has 106 valence electrons. The van der Waals surface area contributed by atoms with Gasteiger partial charge in [0.25, 0.3) is 0 Å². The summed E-state index contributed by atoms with van der Waals surface area (Å²) in [5.41, 5.74) is 0. The highest BCUT2D eigenvalue weighted by atomic mass is 16.6. The van der Waals surface area contributed by atoms with Crippen molar-refractivity contribution in [2.75, 3.05) is 32.9 Å². The third kappa shape index (κ3) is 3.09. The van der Waals surface area contributed by atoms with E-state index in [2.05, 4.69) is 9.88 Å². The summed E-state index contributed by atoms with van der Waals surface area (Å²) in [4.78, 5) is 16.5. The fourth-order valence-corrected chi connectivity index (χ4v) is 2.27. The molecule has 1 aromatic rings. The number of morpholine rings is 1. The lowest BCUT2D eigenvalue weighted by atomic mass is 10.2. The van der Waals surface area contributed by atoms with Crippen molar-refractivity contribution in [1.29, 1.82) is 0 Å². The number of aryl methyl sites for hydroxylation is 1. The quantitative estimate of drug-likeness (QED) is 0.588. The van der Waals surface area contributed by atoms with E-state index in [1.165, 1.54) is 10.8 Å². The van der Waals surface area contributed by atoms with Crippen LogP contribution >= 0.6 is 0 Å². The molecule has 0 radical (unpaired) electrons. The van der Waals surface area contributed by atoms with Crippen LogP contribution in [0.15, 0.2) is 6.20 Å². The minimum atomic E-state index is -0.451. The number of hydrogen-bond donors (Lipinski definition) is 1. The summed E-state index contributed by atoms with van der Waals surface area (Å²) >= 11 is 0. The minimum Gasteiger partial charge on any atom is -0.395 e. The monoisotopic (exact) mass is 270 g/mol. The van der Waals surface area contributed by atoms with E-state index in [9.17, 15) is 15.2 Å². The van der Waals surface area contributed by atoms with E-state index in [-0.39, 0.29) is 18.5 Å². The van der Waals surface area contributed by atoms with Gasteiger partial charge in [0.1, 0.15) is 12.7 Å². The van der Waals surface area contributed by atoms with E-state index in [1.54, 1.807) is 6.92 Å². The molecule has 2 rings (SSSR count). The number of aliphatic hydroxyl groups excluding tert-OH is 1. The Bertz CT molecular complexity index is 442. The molecule has 1 N–H and O–H groups in total. The third-order valence-corrected chi connectivity index (χ3v) is 3.39. The van der Waals surface area contributed by atoms with Crippen molar-refractivity contribution in [1.82, 2.24) is 14.5 Å². The summed E-state index contributed by atoms with van der Waals surface area (Å²) in [6, 6.07) is -0.157. The largest absolute Gasteiger partial charge is 0.395 e. The van der Waals surface area contributed by atoms with E-state index < -0.39 is 4.92 Å². The highest BCUT2D eigenvalue weighted by Crippen LogP contribution is 2.16. The first kappa shape index (κ1) is 13.9. The van der Waals surface area contributed by atoms with Crippen LogP contribution in [0.25, 0.3) is 0 Å². The summed E-state index contributed by atoms with van der Waals surface area (Å²) in [5.74, 6) is 0.544. The Kier molecular flexibility index (Phi) is 4.46. The Balaban J connectivity index is 2.13. The van der Waals surface area contributed by atoms with Gasteiger partial charge < -0.3 is 20.0 Å². The van der Waals surface area contributed by atoms with Gasteiger partial charge in [-0.1, -0.05) is 0 Å². The van der Waals surface area contributed by atoms with Crippen molar-refractivity contribution in [3.05, 3.63) is 22.1 Å². The zero-order chi connectivity index (χ0) is 13.8. The Morgan fingerprint density at radius 1 is 1.58 bits per heavy atom. The van der Waals surface area contributed by atoms with Crippen LogP contribution in [0.5, 0.6) is 0 Å². The Labute approximate surface area is 110 Å². The molecule has 19 heavy (non-hydrogen) atoms. The molecular weight excluding hydrogens is 252 g/mol. The van der Waals surface area contributed by atoms with E-state index >= 15 is 0 Å². The highest BCUT2D eigenvalue weighted by molar-refractivity contribution is 5.19. The molecule has 0 spiro atoms. The molecule has 0 amide bonds. The smallest absolute Gasteiger partial charge is 0.342 e. The Hall–Kier alpha value is -1.51. The number of aromatic nitrogens is 2.